The lowest BCUT2D eigenvalue weighted by atomic mass is 10.0. The van der Waals surface area contributed by atoms with Crippen molar-refractivity contribution in [3.63, 3.8) is 0 Å². The second kappa shape index (κ2) is 13.1. The monoisotopic (exact) mass is 502 g/mol. The first-order chi connectivity index (χ1) is 12.6. The number of aliphatic imine (C=N–C) groups is 1. The molecule has 1 unspecified atom stereocenters. The van der Waals surface area contributed by atoms with Crippen molar-refractivity contribution in [3.8, 4) is 10.6 Å². The second-order valence-electron chi connectivity index (χ2n) is 6.39. The highest BCUT2D eigenvalue weighted by Gasteiger charge is 2.13. The summed E-state index contributed by atoms with van der Waals surface area (Å²) in [6.07, 6.45) is 1.23. The van der Waals surface area contributed by atoms with Gasteiger partial charge in [0.25, 0.3) is 0 Å². The molecule has 150 valence electrons. The second-order valence-corrected chi connectivity index (χ2v) is 7.25. The maximum atomic E-state index is 5.78. The first-order valence-corrected chi connectivity index (χ1v) is 10.1. The lowest BCUT2D eigenvalue weighted by Crippen LogP contribution is -2.39. The third-order valence-corrected chi connectivity index (χ3v) is 5.02. The van der Waals surface area contributed by atoms with Crippen LogP contribution in [0.5, 0.6) is 0 Å². The van der Waals surface area contributed by atoms with Gasteiger partial charge in [0.05, 0.1) is 18.3 Å². The van der Waals surface area contributed by atoms with E-state index in [1.807, 2.05) is 25.1 Å². The summed E-state index contributed by atoms with van der Waals surface area (Å²) in [6.45, 7) is 8.67. The van der Waals surface area contributed by atoms with E-state index in [1.54, 1.807) is 18.4 Å². The van der Waals surface area contributed by atoms with E-state index in [1.165, 1.54) is 0 Å². The van der Waals surface area contributed by atoms with Crippen LogP contribution in [0.15, 0.2) is 40.7 Å². The molecule has 1 aromatic carbocycles. The van der Waals surface area contributed by atoms with Gasteiger partial charge in [-0.25, -0.2) is 4.98 Å². The standard InChI is InChI=1S/C20H30N4OS.HI/c1-5-25-18(15(2)3)11-12-22-20(21-4)23-13-17-14-26-19(24-17)16-9-7-6-8-10-16;/h6-10,14-15,18H,5,11-13H2,1-4H3,(H2,21,22,23);1H. The molecule has 0 radical (unpaired) electrons. The first kappa shape index (κ1) is 23.8. The Balaban J connectivity index is 0.00000364. The third kappa shape index (κ3) is 8.15. The Kier molecular flexibility index (Phi) is 11.5. The molecular weight excluding hydrogens is 471 g/mol. The lowest BCUT2D eigenvalue weighted by molar-refractivity contribution is 0.0258. The van der Waals surface area contributed by atoms with Crippen LogP contribution in [-0.2, 0) is 11.3 Å². The molecule has 7 heteroatoms. The lowest BCUT2D eigenvalue weighted by Gasteiger charge is -2.21. The fraction of sp³-hybridized carbons (Fsp3) is 0.500. The predicted octanol–water partition coefficient (Wildman–Crippen LogP) is 4.54. The molecule has 0 fully saturated rings. The molecule has 0 aliphatic carbocycles. The number of halogens is 1. The Morgan fingerprint density at radius 1 is 1.22 bits per heavy atom. The van der Waals surface area contributed by atoms with Crippen LogP contribution in [0.3, 0.4) is 0 Å². The van der Waals surface area contributed by atoms with Gasteiger partial charge >= 0.3 is 0 Å². The molecule has 5 nitrogen and oxygen atoms in total. The number of nitrogens with one attached hydrogen (secondary N) is 2. The van der Waals surface area contributed by atoms with Crippen molar-refractivity contribution in [3.05, 3.63) is 41.4 Å². The van der Waals surface area contributed by atoms with Crippen molar-refractivity contribution >= 4 is 41.3 Å². The average Bonchev–Trinajstić information content (AvgIpc) is 3.13. The summed E-state index contributed by atoms with van der Waals surface area (Å²) in [5, 5.41) is 9.82. The molecule has 0 aliphatic rings. The number of nitrogens with zero attached hydrogens (tertiary/aromatic N) is 2. The topological polar surface area (TPSA) is 58.5 Å². The summed E-state index contributed by atoms with van der Waals surface area (Å²) in [5.41, 5.74) is 2.17. The molecule has 1 atom stereocenters. The Hall–Kier alpha value is -1.19. The van der Waals surface area contributed by atoms with Crippen molar-refractivity contribution in [2.75, 3.05) is 20.2 Å². The van der Waals surface area contributed by atoms with Gasteiger partial charge in [0.15, 0.2) is 5.96 Å². The van der Waals surface area contributed by atoms with E-state index in [9.17, 15) is 0 Å². The Morgan fingerprint density at radius 2 is 1.96 bits per heavy atom. The van der Waals surface area contributed by atoms with Gasteiger partial charge in [-0.15, -0.1) is 35.3 Å². The molecule has 2 aromatic rings. The Morgan fingerprint density at radius 3 is 2.59 bits per heavy atom. The molecule has 0 amide bonds. The molecule has 27 heavy (non-hydrogen) atoms. The number of rotatable bonds is 9. The van der Waals surface area contributed by atoms with E-state index in [0.717, 1.165) is 41.8 Å². The van der Waals surface area contributed by atoms with E-state index in [-0.39, 0.29) is 30.1 Å². The molecule has 0 bridgehead atoms. The van der Waals surface area contributed by atoms with Crippen LogP contribution in [0.25, 0.3) is 10.6 Å². The number of benzene rings is 1. The zero-order chi connectivity index (χ0) is 18.8. The predicted molar refractivity (Wildman–Crippen MR) is 126 cm³/mol. The van der Waals surface area contributed by atoms with Gasteiger partial charge in [-0.1, -0.05) is 44.2 Å². The molecule has 2 rings (SSSR count). The number of ether oxygens (including phenoxy) is 1. The van der Waals surface area contributed by atoms with Gasteiger partial charge in [-0.3, -0.25) is 4.99 Å². The quantitative estimate of drug-likeness (QED) is 0.300. The van der Waals surface area contributed by atoms with Gasteiger partial charge < -0.3 is 15.4 Å². The van der Waals surface area contributed by atoms with Gasteiger partial charge in [-0.2, -0.15) is 0 Å². The molecule has 0 saturated carbocycles. The number of hydrogen-bond donors (Lipinski definition) is 2. The molecule has 0 spiro atoms. The smallest absolute Gasteiger partial charge is 0.191 e. The van der Waals surface area contributed by atoms with Crippen molar-refractivity contribution in [2.24, 2.45) is 10.9 Å². The molecule has 0 aliphatic heterocycles. The highest BCUT2D eigenvalue weighted by atomic mass is 127. The van der Waals surface area contributed by atoms with Gasteiger partial charge in [0.2, 0.25) is 0 Å². The average molecular weight is 502 g/mol. The molecule has 1 aromatic heterocycles. The van der Waals surface area contributed by atoms with Crippen LogP contribution in [0.4, 0.5) is 0 Å². The summed E-state index contributed by atoms with van der Waals surface area (Å²) in [6, 6.07) is 10.3. The molecular formula is C20H31IN4OS. The van der Waals surface area contributed by atoms with E-state index in [2.05, 4.69) is 47.0 Å². The van der Waals surface area contributed by atoms with Crippen molar-refractivity contribution in [2.45, 2.75) is 39.8 Å². The highest BCUT2D eigenvalue weighted by molar-refractivity contribution is 14.0. The maximum absolute atomic E-state index is 5.78. The fourth-order valence-electron chi connectivity index (χ4n) is 2.65. The largest absolute Gasteiger partial charge is 0.378 e. The van der Waals surface area contributed by atoms with E-state index in [4.69, 9.17) is 9.72 Å². The van der Waals surface area contributed by atoms with Crippen molar-refractivity contribution in [1.82, 2.24) is 15.6 Å². The number of thiazole rings is 1. The Labute approximate surface area is 184 Å². The summed E-state index contributed by atoms with van der Waals surface area (Å²) in [7, 11) is 1.79. The Bertz CT molecular complexity index is 676. The normalized spacial score (nSPS) is 12.6. The minimum Gasteiger partial charge on any atom is -0.378 e. The molecule has 0 saturated heterocycles. The van der Waals surface area contributed by atoms with Gasteiger partial charge in [0, 0.05) is 31.1 Å². The number of guanidine groups is 1. The minimum absolute atomic E-state index is 0. The van der Waals surface area contributed by atoms with Gasteiger partial charge in [-0.05, 0) is 19.3 Å². The third-order valence-electron chi connectivity index (χ3n) is 4.08. The van der Waals surface area contributed by atoms with Crippen LogP contribution in [0, 0.1) is 5.92 Å². The van der Waals surface area contributed by atoms with E-state index < -0.39 is 0 Å². The van der Waals surface area contributed by atoms with Crippen molar-refractivity contribution < 1.29 is 4.74 Å². The van der Waals surface area contributed by atoms with E-state index in [0.29, 0.717) is 12.5 Å². The van der Waals surface area contributed by atoms with Crippen LogP contribution in [0.2, 0.25) is 0 Å². The maximum Gasteiger partial charge on any atom is 0.191 e. The van der Waals surface area contributed by atoms with E-state index >= 15 is 0 Å². The number of hydrogen-bond acceptors (Lipinski definition) is 4. The SMILES string of the molecule is CCOC(CCNC(=NC)NCc1csc(-c2ccccc2)n1)C(C)C.I. The highest BCUT2D eigenvalue weighted by Crippen LogP contribution is 2.23. The zero-order valence-electron chi connectivity index (χ0n) is 16.6. The van der Waals surface area contributed by atoms with Crippen LogP contribution in [-0.4, -0.2) is 37.2 Å². The summed E-state index contributed by atoms with van der Waals surface area (Å²) >= 11 is 1.66. The van der Waals surface area contributed by atoms with Crippen LogP contribution in [0.1, 0.15) is 32.9 Å². The number of aromatic nitrogens is 1. The van der Waals surface area contributed by atoms with Crippen LogP contribution < -0.4 is 10.6 Å². The minimum atomic E-state index is 0. The molecule has 1 heterocycles. The van der Waals surface area contributed by atoms with Gasteiger partial charge in [0.1, 0.15) is 5.01 Å². The fourth-order valence-corrected chi connectivity index (χ4v) is 3.48. The first-order valence-electron chi connectivity index (χ1n) is 9.20. The zero-order valence-corrected chi connectivity index (χ0v) is 19.7. The van der Waals surface area contributed by atoms with Crippen molar-refractivity contribution in [1.29, 1.82) is 0 Å². The molecule has 2 N–H and O–H groups in total. The van der Waals surface area contributed by atoms with Crippen LogP contribution >= 0.6 is 35.3 Å². The summed E-state index contributed by atoms with van der Waals surface area (Å²) in [5.74, 6) is 1.30. The summed E-state index contributed by atoms with van der Waals surface area (Å²) in [4.78, 5) is 8.98. The summed E-state index contributed by atoms with van der Waals surface area (Å²) < 4.78 is 5.78.